The zero-order chi connectivity index (χ0) is 12.1. The van der Waals surface area contributed by atoms with E-state index < -0.39 is 16.9 Å². The molecule has 8 nitrogen and oxygen atoms in total. The van der Waals surface area contributed by atoms with Crippen molar-refractivity contribution in [2.45, 2.75) is 0 Å². The Morgan fingerprint density at radius 2 is 1.94 bits per heavy atom. The summed E-state index contributed by atoms with van der Waals surface area (Å²) in [5, 5.41) is 21.5. The third-order valence-corrected chi connectivity index (χ3v) is 1.58. The molecule has 2 amide bonds. The lowest BCUT2D eigenvalue weighted by Gasteiger charge is -2.05. The van der Waals surface area contributed by atoms with Crippen molar-refractivity contribution in [2.24, 2.45) is 5.73 Å². The lowest BCUT2D eigenvalue weighted by Crippen LogP contribution is -2.38. The van der Waals surface area contributed by atoms with Crippen molar-refractivity contribution in [3.63, 3.8) is 0 Å². The third-order valence-electron chi connectivity index (χ3n) is 1.58. The van der Waals surface area contributed by atoms with Gasteiger partial charge in [-0.05, 0) is 12.1 Å². The number of urea groups is 1. The van der Waals surface area contributed by atoms with Gasteiger partial charge >= 0.3 is 6.03 Å². The standard InChI is InChI=1S/C8H9N5O3/c9-7(10)12-8(14)11-5-1-3-6(4-2-5)13(15)16/h1-4H,(H5,9,10,11,12,14). The molecule has 1 rings (SSSR count). The summed E-state index contributed by atoms with van der Waals surface area (Å²) in [6, 6.07) is 4.57. The Morgan fingerprint density at radius 3 is 2.38 bits per heavy atom. The summed E-state index contributed by atoms with van der Waals surface area (Å²) < 4.78 is 0. The number of carbonyl (C=O) groups excluding carboxylic acids is 1. The van der Waals surface area contributed by atoms with Crippen LogP contribution in [0.15, 0.2) is 24.3 Å². The Bertz CT molecular complexity index is 428. The van der Waals surface area contributed by atoms with Gasteiger partial charge in [-0.2, -0.15) is 0 Å². The number of nitro benzene ring substituents is 1. The van der Waals surface area contributed by atoms with Gasteiger partial charge in [0.15, 0.2) is 5.96 Å². The molecule has 0 radical (unpaired) electrons. The van der Waals surface area contributed by atoms with Crippen molar-refractivity contribution in [1.29, 1.82) is 5.41 Å². The molecule has 1 aromatic rings. The first-order chi connectivity index (χ1) is 7.49. The lowest BCUT2D eigenvalue weighted by atomic mass is 10.3. The van der Waals surface area contributed by atoms with E-state index in [1.165, 1.54) is 24.3 Å². The van der Waals surface area contributed by atoms with Crippen molar-refractivity contribution in [2.75, 3.05) is 5.32 Å². The third kappa shape index (κ3) is 3.25. The fraction of sp³-hybridized carbons (Fsp3) is 0. The van der Waals surface area contributed by atoms with Crippen molar-refractivity contribution in [3.05, 3.63) is 34.4 Å². The van der Waals surface area contributed by atoms with Gasteiger partial charge in [-0.25, -0.2) is 4.79 Å². The molecule has 0 bridgehead atoms. The number of anilines is 1. The number of rotatable bonds is 2. The molecule has 0 atom stereocenters. The van der Waals surface area contributed by atoms with Crippen molar-refractivity contribution < 1.29 is 9.72 Å². The lowest BCUT2D eigenvalue weighted by molar-refractivity contribution is -0.384. The van der Waals surface area contributed by atoms with E-state index in [9.17, 15) is 14.9 Å². The van der Waals surface area contributed by atoms with Crippen LogP contribution < -0.4 is 16.4 Å². The molecule has 84 valence electrons. The van der Waals surface area contributed by atoms with Gasteiger partial charge in [-0.3, -0.25) is 20.8 Å². The Hall–Kier alpha value is -2.64. The maximum absolute atomic E-state index is 11.1. The number of non-ortho nitro benzene ring substituents is 1. The molecule has 8 heteroatoms. The van der Waals surface area contributed by atoms with Crippen molar-refractivity contribution >= 4 is 23.4 Å². The summed E-state index contributed by atoms with van der Waals surface area (Å²) in [4.78, 5) is 20.9. The predicted octanol–water partition coefficient (Wildman–Crippen LogP) is 0.610. The smallest absolute Gasteiger partial charge is 0.325 e. The molecule has 0 saturated carbocycles. The van der Waals surface area contributed by atoms with Crippen LogP contribution in [0.5, 0.6) is 0 Å². The van der Waals surface area contributed by atoms with Crippen molar-refractivity contribution in [3.8, 4) is 0 Å². The minimum atomic E-state index is -0.679. The van der Waals surface area contributed by atoms with Crippen LogP contribution in [0.25, 0.3) is 0 Å². The number of hydrogen-bond donors (Lipinski definition) is 4. The molecule has 0 unspecified atom stereocenters. The number of amides is 2. The quantitative estimate of drug-likeness (QED) is 0.253. The molecule has 0 heterocycles. The van der Waals surface area contributed by atoms with E-state index >= 15 is 0 Å². The van der Waals surface area contributed by atoms with Crippen LogP contribution in [0.3, 0.4) is 0 Å². The summed E-state index contributed by atoms with van der Waals surface area (Å²) in [6.45, 7) is 0. The van der Waals surface area contributed by atoms with E-state index in [-0.39, 0.29) is 5.69 Å². The van der Waals surface area contributed by atoms with Crippen LogP contribution in [0.4, 0.5) is 16.2 Å². The number of guanidine groups is 1. The Balaban J connectivity index is 2.65. The van der Waals surface area contributed by atoms with E-state index in [0.717, 1.165) is 0 Å². The van der Waals surface area contributed by atoms with E-state index in [4.69, 9.17) is 11.1 Å². The highest BCUT2D eigenvalue weighted by Gasteiger charge is 2.06. The van der Waals surface area contributed by atoms with Gasteiger partial charge in [0.25, 0.3) is 5.69 Å². The summed E-state index contributed by atoms with van der Waals surface area (Å²) in [5.74, 6) is -0.487. The number of nitrogens with zero attached hydrogens (tertiary/aromatic N) is 1. The second kappa shape index (κ2) is 4.73. The number of nitrogens with two attached hydrogens (primary N) is 1. The minimum absolute atomic E-state index is 0.0717. The maximum Gasteiger partial charge on any atom is 0.325 e. The fourth-order valence-corrected chi connectivity index (χ4v) is 0.951. The zero-order valence-electron chi connectivity index (χ0n) is 8.06. The van der Waals surface area contributed by atoms with Gasteiger partial charge in [0.2, 0.25) is 0 Å². The molecule has 0 aliphatic carbocycles. The molecule has 0 aliphatic rings. The van der Waals surface area contributed by atoms with Gasteiger partial charge in [-0.1, -0.05) is 0 Å². The monoisotopic (exact) mass is 223 g/mol. The van der Waals surface area contributed by atoms with E-state index in [1.807, 2.05) is 5.32 Å². The average Bonchev–Trinajstić information content (AvgIpc) is 2.16. The van der Waals surface area contributed by atoms with Gasteiger partial charge in [0.05, 0.1) is 4.92 Å². The van der Waals surface area contributed by atoms with E-state index in [1.54, 1.807) is 0 Å². The Labute approximate surface area is 90.1 Å². The van der Waals surface area contributed by atoms with E-state index in [0.29, 0.717) is 5.69 Å². The van der Waals surface area contributed by atoms with Crippen LogP contribution >= 0.6 is 0 Å². The molecule has 0 spiro atoms. The number of hydrogen-bond acceptors (Lipinski definition) is 4. The van der Waals surface area contributed by atoms with Gasteiger partial charge in [0.1, 0.15) is 0 Å². The van der Waals surface area contributed by atoms with Crippen LogP contribution in [-0.4, -0.2) is 16.9 Å². The van der Waals surface area contributed by atoms with Crippen LogP contribution in [-0.2, 0) is 0 Å². The highest BCUT2D eigenvalue weighted by molar-refractivity contribution is 6.00. The fourth-order valence-electron chi connectivity index (χ4n) is 0.951. The molecule has 0 saturated heterocycles. The maximum atomic E-state index is 11.1. The SMILES string of the molecule is N=C(N)NC(=O)Nc1ccc([N+](=O)[O-])cc1. The zero-order valence-corrected chi connectivity index (χ0v) is 8.06. The largest absolute Gasteiger partial charge is 0.370 e. The number of nitro groups is 1. The Morgan fingerprint density at radius 1 is 1.38 bits per heavy atom. The van der Waals surface area contributed by atoms with E-state index in [2.05, 4.69) is 5.32 Å². The number of nitrogens with one attached hydrogen (secondary N) is 3. The molecule has 16 heavy (non-hydrogen) atoms. The van der Waals surface area contributed by atoms with Crippen LogP contribution in [0, 0.1) is 15.5 Å². The topological polar surface area (TPSA) is 134 Å². The molecule has 1 aromatic carbocycles. The summed E-state index contributed by atoms with van der Waals surface area (Å²) in [5.41, 5.74) is 5.23. The second-order valence-corrected chi connectivity index (χ2v) is 2.80. The normalized spacial score (nSPS) is 9.25. The van der Waals surface area contributed by atoms with Gasteiger partial charge in [-0.15, -0.1) is 0 Å². The first-order valence-corrected chi connectivity index (χ1v) is 4.15. The van der Waals surface area contributed by atoms with Crippen molar-refractivity contribution in [1.82, 2.24) is 5.32 Å². The molecule has 5 N–H and O–H groups in total. The first kappa shape index (κ1) is 11.4. The number of benzene rings is 1. The molecular formula is C8H9N5O3. The van der Waals surface area contributed by atoms with Crippen LogP contribution in [0.1, 0.15) is 0 Å². The van der Waals surface area contributed by atoms with Gasteiger partial charge < -0.3 is 11.1 Å². The van der Waals surface area contributed by atoms with Crippen LogP contribution in [0.2, 0.25) is 0 Å². The summed E-state index contributed by atoms with van der Waals surface area (Å²) in [7, 11) is 0. The number of carbonyl (C=O) groups is 1. The summed E-state index contributed by atoms with van der Waals surface area (Å²) >= 11 is 0. The highest BCUT2D eigenvalue weighted by atomic mass is 16.6. The molecule has 0 fully saturated rings. The Kier molecular flexibility index (Phi) is 3.38. The molecular weight excluding hydrogens is 214 g/mol. The predicted molar refractivity (Wildman–Crippen MR) is 57.2 cm³/mol. The summed E-state index contributed by atoms with van der Waals surface area (Å²) in [6.07, 6.45) is 0. The second-order valence-electron chi connectivity index (χ2n) is 2.80. The molecule has 0 aromatic heterocycles. The van der Waals surface area contributed by atoms with Gasteiger partial charge in [0, 0.05) is 17.8 Å². The average molecular weight is 223 g/mol. The minimum Gasteiger partial charge on any atom is -0.370 e. The first-order valence-electron chi connectivity index (χ1n) is 4.15. The highest BCUT2D eigenvalue weighted by Crippen LogP contribution is 2.14. The molecule has 0 aliphatic heterocycles.